The van der Waals surface area contributed by atoms with E-state index in [1.165, 1.54) is 5.56 Å². The quantitative estimate of drug-likeness (QED) is 0.409. The van der Waals surface area contributed by atoms with Crippen molar-refractivity contribution in [1.29, 1.82) is 0 Å². The number of carboxylic acids is 1. The number of aliphatic carboxylic acids is 1. The Morgan fingerprint density at radius 1 is 0.897 bits per heavy atom. The third-order valence-electron chi connectivity index (χ3n) is 7.63. The third kappa shape index (κ3) is 5.43. The molecule has 3 aromatic rings. The van der Waals surface area contributed by atoms with Gasteiger partial charge in [0.15, 0.2) is 0 Å². The van der Waals surface area contributed by atoms with Crippen LogP contribution >= 0.6 is 0 Å². The van der Waals surface area contributed by atoms with E-state index in [-0.39, 0.29) is 24.8 Å². The molecular weight excluding hydrogens is 494 g/mol. The number of carboxylic acid groups (broad SMARTS) is 1. The van der Waals surface area contributed by atoms with Crippen LogP contribution in [0.15, 0.2) is 60.7 Å². The molecule has 0 saturated heterocycles. The maximum atomic E-state index is 13.6. The van der Waals surface area contributed by atoms with Crippen molar-refractivity contribution in [3.05, 3.63) is 82.9 Å². The summed E-state index contributed by atoms with van der Waals surface area (Å²) < 4.78 is 0. The standard InChI is InChI=1S/C31H33N3O5/c1-19(2)15-27(30(37)33-13-11-20-7-3-6-10-23(20)18-33)32-26(31(38)39)12-14-34-28(35)24-16-21-8-4-5-9-22(21)17-25(24)29(34)36/h3-10,16-17,19,26-27,32H,11-15,18H2,1-2H3,(H,38,39)/t26-,27+/m1/s1. The highest BCUT2D eigenvalue weighted by molar-refractivity contribution is 6.23. The van der Waals surface area contributed by atoms with Gasteiger partial charge in [0.1, 0.15) is 6.04 Å². The molecule has 39 heavy (non-hydrogen) atoms. The van der Waals surface area contributed by atoms with Gasteiger partial charge in [0, 0.05) is 19.6 Å². The minimum Gasteiger partial charge on any atom is -0.480 e. The number of carbonyl (C=O) groups is 4. The van der Waals surface area contributed by atoms with E-state index in [1.54, 1.807) is 17.0 Å². The van der Waals surface area contributed by atoms with Crippen LogP contribution in [0.1, 0.15) is 58.5 Å². The van der Waals surface area contributed by atoms with E-state index < -0.39 is 29.9 Å². The number of rotatable bonds is 9. The second-order valence-electron chi connectivity index (χ2n) is 10.8. The fourth-order valence-corrected chi connectivity index (χ4v) is 5.58. The normalized spacial score (nSPS) is 16.4. The molecule has 202 valence electrons. The summed E-state index contributed by atoms with van der Waals surface area (Å²) >= 11 is 0. The Morgan fingerprint density at radius 2 is 1.49 bits per heavy atom. The lowest BCUT2D eigenvalue weighted by Gasteiger charge is -2.34. The van der Waals surface area contributed by atoms with Crippen LogP contribution in [0.5, 0.6) is 0 Å². The van der Waals surface area contributed by atoms with Crippen LogP contribution in [-0.2, 0) is 22.6 Å². The molecular formula is C31H33N3O5. The highest BCUT2D eigenvalue weighted by Gasteiger charge is 2.37. The molecule has 2 N–H and O–H groups in total. The highest BCUT2D eigenvalue weighted by Crippen LogP contribution is 2.28. The highest BCUT2D eigenvalue weighted by atomic mass is 16.4. The molecule has 5 rings (SSSR count). The first kappa shape index (κ1) is 26.6. The Bertz CT molecular complexity index is 1390. The Hall–Kier alpha value is -4.04. The van der Waals surface area contributed by atoms with E-state index in [0.29, 0.717) is 30.6 Å². The first-order valence-electron chi connectivity index (χ1n) is 13.5. The van der Waals surface area contributed by atoms with Gasteiger partial charge in [-0.05, 0) is 59.2 Å². The fraction of sp³-hybridized carbons (Fsp3) is 0.355. The van der Waals surface area contributed by atoms with Crippen molar-refractivity contribution in [3.8, 4) is 0 Å². The molecule has 2 heterocycles. The Kier molecular flexibility index (Phi) is 7.48. The molecule has 3 aromatic carbocycles. The summed E-state index contributed by atoms with van der Waals surface area (Å²) in [5.74, 6) is -1.94. The van der Waals surface area contributed by atoms with Crippen LogP contribution in [0.25, 0.3) is 10.8 Å². The molecule has 0 spiro atoms. The number of carbonyl (C=O) groups excluding carboxylic acids is 3. The molecule has 8 heteroatoms. The van der Waals surface area contributed by atoms with Gasteiger partial charge >= 0.3 is 5.97 Å². The van der Waals surface area contributed by atoms with Crippen LogP contribution in [0, 0.1) is 5.92 Å². The zero-order chi connectivity index (χ0) is 27.7. The van der Waals surface area contributed by atoms with Gasteiger partial charge in [0.2, 0.25) is 5.91 Å². The van der Waals surface area contributed by atoms with Crippen LogP contribution < -0.4 is 5.32 Å². The van der Waals surface area contributed by atoms with Gasteiger partial charge in [-0.1, -0.05) is 62.4 Å². The summed E-state index contributed by atoms with van der Waals surface area (Å²) in [6.07, 6.45) is 1.22. The van der Waals surface area contributed by atoms with Gasteiger partial charge in [-0.3, -0.25) is 29.4 Å². The molecule has 0 fully saturated rings. The fourth-order valence-electron chi connectivity index (χ4n) is 5.58. The van der Waals surface area contributed by atoms with Gasteiger partial charge in [0.25, 0.3) is 11.8 Å². The number of fused-ring (bicyclic) bond motifs is 3. The van der Waals surface area contributed by atoms with Crippen molar-refractivity contribution < 1.29 is 24.3 Å². The average molecular weight is 528 g/mol. The van der Waals surface area contributed by atoms with Crippen molar-refractivity contribution in [2.24, 2.45) is 5.92 Å². The molecule has 8 nitrogen and oxygen atoms in total. The molecule has 0 aromatic heterocycles. The summed E-state index contributed by atoms with van der Waals surface area (Å²) in [5, 5.41) is 14.8. The molecule has 0 aliphatic carbocycles. The Labute approximate surface area is 227 Å². The lowest BCUT2D eigenvalue weighted by molar-refractivity contribution is -0.141. The SMILES string of the molecule is CC(C)C[C@H](N[C@H](CCN1C(=O)c2cc3ccccc3cc2C1=O)C(=O)O)C(=O)N1CCc2ccccc2C1. The van der Waals surface area contributed by atoms with E-state index in [2.05, 4.69) is 11.4 Å². The minimum atomic E-state index is -1.12. The van der Waals surface area contributed by atoms with Crippen LogP contribution in [0.3, 0.4) is 0 Å². The molecule has 2 aliphatic heterocycles. The van der Waals surface area contributed by atoms with E-state index in [1.807, 2.05) is 56.3 Å². The number of nitrogens with one attached hydrogen (secondary N) is 1. The van der Waals surface area contributed by atoms with Crippen LogP contribution in [0.2, 0.25) is 0 Å². The van der Waals surface area contributed by atoms with Crippen molar-refractivity contribution in [2.75, 3.05) is 13.1 Å². The number of imide groups is 1. The van der Waals surface area contributed by atoms with Crippen LogP contribution in [-0.4, -0.2) is 63.8 Å². The predicted octanol–water partition coefficient (Wildman–Crippen LogP) is 3.87. The molecule has 0 unspecified atom stereocenters. The van der Waals surface area contributed by atoms with Crippen molar-refractivity contribution in [1.82, 2.24) is 15.1 Å². The van der Waals surface area contributed by atoms with E-state index in [4.69, 9.17) is 0 Å². The molecule has 2 atom stereocenters. The lowest BCUT2D eigenvalue weighted by Crippen LogP contribution is -2.54. The van der Waals surface area contributed by atoms with E-state index in [9.17, 15) is 24.3 Å². The number of amides is 3. The number of nitrogens with zero attached hydrogens (tertiary/aromatic N) is 2. The maximum absolute atomic E-state index is 13.6. The Balaban J connectivity index is 1.29. The largest absolute Gasteiger partial charge is 0.480 e. The van der Waals surface area contributed by atoms with Crippen molar-refractivity contribution >= 4 is 34.5 Å². The molecule has 3 amide bonds. The van der Waals surface area contributed by atoms with E-state index >= 15 is 0 Å². The molecule has 0 bridgehead atoms. The second-order valence-corrected chi connectivity index (χ2v) is 10.8. The molecule has 2 aliphatic rings. The van der Waals surface area contributed by atoms with Crippen molar-refractivity contribution in [3.63, 3.8) is 0 Å². The zero-order valence-corrected chi connectivity index (χ0v) is 22.2. The Morgan fingerprint density at radius 3 is 2.08 bits per heavy atom. The van der Waals surface area contributed by atoms with Gasteiger partial charge in [0.05, 0.1) is 17.2 Å². The van der Waals surface area contributed by atoms with Crippen molar-refractivity contribution in [2.45, 2.75) is 51.7 Å². The summed E-state index contributed by atoms with van der Waals surface area (Å²) in [6.45, 7) is 4.99. The molecule has 0 radical (unpaired) electrons. The molecule has 0 saturated carbocycles. The second kappa shape index (κ2) is 11.0. The number of hydrogen-bond donors (Lipinski definition) is 2. The predicted molar refractivity (Wildman–Crippen MR) is 147 cm³/mol. The average Bonchev–Trinajstić information content (AvgIpc) is 3.16. The minimum absolute atomic E-state index is 0.00890. The topological polar surface area (TPSA) is 107 Å². The van der Waals surface area contributed by atoms with Gasteiger partial charge in [-0.2, -0.15) is 0 Å². The van der Waals surface area contributed by atoms with Gasteiger partial charge < -0.3 is 10.0 Å². The summed E-state index contributed by atoms with van der Waals surface area (Å²) in [6, 6.07) is 17.2. The summed E-state index contributed by atoms with van der Waals surface area (Å²) in [7, 11) is 0. The van der Waals surface area contributed by atoms with Crippen LogP contribution in [0.4, 0.5) is 0 Å². The summed E-state index contributed by atoms with van der Waals surface area (Å²) in [4.78, 5) is 54.9. The number of benzene rings is 3. The first-order valence-corrected chi connectivity index (χ1v) is 13.5. The van der Waals surface area contributed by atoms with E-state index in [0.717, 1.165) is 27.7 Å². The zero-order valence-electron chi connectivity index (χ0n) is 22.2. The van der Waals surface area contributed by atoms with Gasteiger partial charge in [-0.15, -0.1) is 0 Å². The maximum Gasteiger partial charge on any atom is 0.320 e. The third-order valence-corrected chi connectivity index (χ3v) is 7.63. The van der Waals surface area contributed by atoms with Gasteiger partial charge in [-0.25, -0.2) is 0 Å². The summed E-state index contributed by atoms with van der Waals surface area (Å²) in [5.41, 5.74) is 2.99. The number of hydrogen-bond acceptors (Lipinski definition) is 5. The lowest BCUT2D eigenvalue weighted by atomic mass is 9.97. The smallest absolute Gasteiger partial charge is 0.320 e. The first-order chi connectivity index (χ1) is 18.7. The monoisotopic (exact) mass is 527 g/mol.